The number of thiophene rings is 1. The molecule has 94 valence electrons. The van der Waals surface area contributed by atoms with Crippen molar-refractivity contribution in [1.29, 1.82) is 0 Å². The maximum atomic E-state index is 10.8. The molecule has 1 saturated heterocycles. The number of carboxylic acid groups (broad SMARTS) is 1. The van der Waals surface area contributed by atoms with Gasteiger partial charge in [-0.3, -0.25) is 0 Å². The molecule has 0 aromatic carbocycles. The van der Waals surface area contributed by atoms with Crippen molar-refractivity contribution >= 4 is 33.8 Å². The summed E-state index contributed by atoms with van der Waals surface area (Å²) in [4.78, 5) is 18.7. The van der Waals surface area contributed by atoms with E-state index >= 15 is 0 Å². The third-order valence-electron chi connectivity index (χ3n) is 2.97. The quantitative estimate of drug-likeness (QED) is 0.938. The van der Waals surface area contributed by atoms with Crippen molar-refractivity contribution in [2.24, 2.45) is 0 Å². The number of thiazole rings is 1. The Morgan fingerprint density at radius 1 is 1.28 bits per heavy atom. The van der Waals surface area contributed by atoms with Gasteiger partial charge < -0.3 is 10.0 Å². The van der Waals surface area contributed by atoms with Crippen molar-refractivity contribution in [3.63, 3.8) is 0 Å². The van der Waals surface area contributed by atoms with Crippen molar-refractivity contribution in [3.05, 3.63) is 22.4 Å². The summed E-state index contributed by atoms with van der Waals surface area (Å²) in [6, 6.07) is 1.69. The number of aromatic carboxylic acids is 1. The van der Waals surface area contributed by atoms with Gasteiger partial charge in [-0.1, -0.05) is 0 Å². The van der Waals surface area contributed by atoms with Crippen LogP contribution < -0.4 is 4.90 Å². The van der Waals surface area contributed by atoms with Crippen LogP contribution in [0.3, 0.4) is 0 Å². The topological polar surface area (TPSA) is 53.4 Å². The lowest BCUT2D eigenvalue weighted by atomic mass is 10.3. The highest BCUT2D eigenvalue weighted by atomic mass is 32.1. The molecule has 2 aromatic heterocycles. The second kappa shape index (κ2) is 4.70. The smallest absolute Gasteiger partial charge is 0.336 e. The van der Waals surface area contributed by atoms with Gasteiger partial charge in [0.2, 0.25) is 0 Å². The van der Waals surface area contributed by atoms with E-state index in [1.54, 1.807) is 22.8 Å². The largest absolute Gasteiger partial charge is 0.478 e. The van der Waals surface area contributed by atoms with Gasteiger partial charge in [0, 0.05) is 23.8 Å². The predicted molar refractivity (Wildman–Crippen MR) is 73.8 cm³/mol. The molecule has 1 fully saturated rings. The highest BCUT2D eigenvalue weighted by Crippen LogP contribution is 2.32. The minimum atomic E-state index is -0.882. The van der Waals surface area contributed by atoms with Crippen LogP contribution in [0.5, 0.6) is 0 Å². The number of carbonyl (C=O) groups is 1. The molecule has 0 bridgehead atoms. The van der Waals surface area contributed by atoms with Crippen molar-refractivity contribution in [2.45, 2.75) is 12.8 Å². The van der Waals surface area contributed by atoms with Gasteiger partial charge in [0.05, 0.1) is 16.1 Å². The number of carboxylic acids is 1. The second-order valence-electron chi connectivity index (χ2n) is 4.21. The summed E-state index contributed by atoms with van der Waals surface area (Å²) in [7, 11) is 0. The zero-order valence-electron chi connectivity index (χ0n) is 9.63. The molecule has 2 aromatic rings. The van der Waals surface area contributed by atoms with E-state index in [4.69, 9.17) is 5.11 Å². The van der Waals surface area contributed by atoms with Gasteiger partial charge >= 0.3 is 5.97 Å². The molecule has 3 rings (SSSR count). The van der Waals surface area contributed by atoms with Crippen LogP contribution in [0, 0.1) is 0 Å². The van der Waals surface area contributed by atoms with E-state index in [1.807, 2.05) is 5.38 Å². The lowest BCUT2D eigenvalue weighted by Crippen LogP contribution is -2.16. The molecule has 1 aliphatic heterocycles. The molecule has 0 radical (unpaired) electrons. The molecule has 0 saturated carbocycles. The fourth-order valence-corrected chi connectivity index (χ4v) is 3.81. The van der Waals surface area contributed by atoms with Crippen LogP contribution in [-0.4, -0.2) is 29.1 Å². The van der Waals surface area contributed by atoms with E-state index in [0.29, 0.717) is 5.56 Å². The number of anilines is 1. The van der Waals surface area contributed by atoms with E-state index in [2.05, 4.69) is 9.88 Å². The minimum absolute atomic E-state index is 0.339. The second-order valence-corrected chi connectivity index (χ2v) is 5.96. The summed E-state index contributed by atoms with van der Waals surface area (Å²) in [5, 5.41) is 13.6. The Bertz CT molecular complexity index is 570. The van der Waals surface area contributed by atoms with E-state index in [0.717, 1.165) is 28.8 Å². The number of aromatic nitrogens is 1. The van der Waals surface area contributed by atoms with Crippen molar-refractivity contribution in [2.75, 3.05) is 18.0 Å². The monoisotopic (exact) mass is 280 g/mol. The highest BCUT2D eigenvalue weighted by Gasteiger charge is 2.17. The zero-order chi connectivity index (χ0) is 12.5. The van der Waals surface area contributed by atoms with Gasteiger partial charge in [-0.2, -0.15) is 0 Å². The van der Waals surface area contributed by atoms with Gasteiger partial charge in [-0.15, -0.1) is 22.7 Å². The number of nitrogens with zero attached hydrogens (tertiary/aromatic N) is 2. The fourth-order valence-electron chi connectivity index (χ4n) is 2.01. The Labute approximate surface area is 113 Å². The highest BCUT2D eigenvalue weighted by molar-refractivity contribution is 7.16. The Morgan fingerprint density at radius 3 is 2.72 bits per heavy atom. The first kappa shape index (κ1) is 11.7. The summed E-state index contributed by atoms with van der Waals surface area (Å²) in [6.45, 7) is 2.16. The Morgan fingerprint density at radius 2 is 2.06 bits per heavy atom. The molecule has 0 unspecified atom stereocenters. The van der Waals surface area contributed by atoms with Crippen LogP contribution in [-0.2, 0) is 0 Å². The Hall–Kier alpha value is -1.40. The average Bonchev–Trinajstić information content (AvgIpc) is 3.10. The van der Waals surface area contributed by atoms with Crippen molar-refractivity contribution < 1.29 is 9.90 Å². The number of rotatable bonds is 3. The van der Waals surface area contributed by atoms with Gasteiger partial charge in [0.1, 0.15) is 0 Å². The lowest BCUT2D eigenvalue weighted by molar-refractivity contribution is 0.0697. The first-order valence-corrected chi connectivity index (χ1v) is 7.52. The van der Waals surface area contributed by atoms with E-state index in [1.165, 1.54) is 24.2 Å². The van der Waals surface area contributed by atoms with E-state index in [-0.39, 0.29) is 0 Å². The van der Waals surface area contributed by atoms with Crippen LogP contribution in [0.25, 0.3) is 10.6 Å². The summed E-state index contributed by atoms with van der Waals surface area (Å²) in [6.07, 6.45) is 2.47. The summed E-state index contributed by atoms with van der Waals surface area (Å²) in [5.41, 5.74) is 1.23. The molecule has 0 spiro atoms. The van der Waals surface area contributed by atoms with Gasteiger partial charge in [0.25, 0.3) is 0 Å². The van der Waals surface area contributed by atoms with Crippen LogP contribution in [0.4, 0.5) is 5.13 Å². The number of hydrogen-bond donors (Lipinski definition) is 1. The first-order valence-electron chi connectivity index (χ1n) is 5.77. The molecular weight excluding hydrogens is 268 g/mol. The molecular formula is C12H12N2O2S2. The van der Waals surface area contributed by atoms with Crippen LogP contribution in [0.2, 0.25) is 0 Å². The maximum absolute atomic E-state index is 10.8. The molecule has 0 aliphatic carbocycles. The third-order valence-corrected chi connectivity index (χ3v) is 4.82. The maximum Gasteiger partial charge on any atom is 0.336 e. The molecule has 1 aliphatic rings. The van der Waals surface area contributed by atoms with Crippen molar-refractivity contribution in [1.82, 2.24) is 4.98 Å². The van der Waals surface area contributed by atoms with Gasteiger partial charge in [-0.05, 0) is 18.9 Å². The van der Waals surface area contributed by atoms with E-state index in [9.17, 15) is 4.79 Å². The fraction of sp³-hybridized carbons (Fsp3) is 0.333. The molecule has 18 heavy (non-hydrogen) atoms. The van der Waals surface area contributed by atoms with Crippen LogP contribution in [0.15, 0.2) is 16.8 Å². The Balaban J connectivity index is 1.85. The number of hydrogen-bond acceptors (Lipinski definition) is 5. The zero-order valence-corrected chi connectivity index (χ0v) is 11.3. The van der Waals surface area contributed by atoms with E-state index < -0.39 is 5.97 Å². The molecule has 1 N–H and O–H groups in total. The summed E-state index contributed by atoms with van der Waals surface area (Å²) in [5.74, 6) is -0.882. The molecule has 3 heterocycles. The Kier molecular flexibility index (Phi) is 3.05. The van der Waals surface area contributed by atoms with Crippen LogP contribution in [0.1, 0.15) is 23.2 Å². The molecule has 4 nitrogen and oxygen atoms in total. The molecule has 6 heteroatoms. The normalized spacial score (nSPS) is 15.2. The third kappa shape index (κ3) is 2.13. The predicted octanol–water partition coefficient (Wildman–Crippen LogP) is 3.17. The SMILES string of the molecule is O=C(O)c1csc(-c2csc(N3CCCC3)n2)c1. The summed E-state index contributed by atoms with van der Waals surface area (Å²) < 4.78 is 0. The molecule has 0 amide bonds. The lowest BCUT2D eigenvalue weighted by Gasteiger charge is -2.12. The van der Waals surface area contributed by atoms with Crippen molar-refractivity contribution in [3.8, 4) is 10.6 Å². The minimum Gasteiger partial charge on any atom is -0.478 e. The van der Waals surface area contributed by atoms with Gasteiger partial charge in [0.15, 0.2) is 5.13 Å². The van der Waals surface area contributed by atoms with Crippen LogP contribution >= 0.6 is 22.7 Å². The van der Waals surface area contributed by atoms with Gasteiger partial charge in [-0.25, -0.2) is 9.78 Å². The molecule has 0 atom stereocenters. The first-order chi connectivity index (χ1) is 8.74. The average molecular weight is 280 g/mol. The standard InChI is InChI=1S/C12H12N2O2S2/c15-11(16)8-5-10(17-6-8)9-7-18-12(13-9)14-3-1-2-4-14/h5-7H,1-4H2,(H,15,16). The summed E-state index contributed by atoms with van der Waals surface area (Å²) >= 11 is 3.07.